The van der Waals surface area contributed by atoms with Crippen molar-refractivity contribution in [3.05, 3.63) is 48.0 Å². The van der Waals surface area contributed by atoms with Crippen molar-refractivity contribution in [3.8, 4) is 11.5 Å². The van der Waals surface area contributed by atoms with Crippen LogP contribution < -0.4 is 10.0 Å². The van der Waals surface area contributed by atoms with Crippen LogP contribution >= 0.6 is 0 Å². The van der Waals surface area contributed by atoms with E-state index >= 15 is 0 Å². The Morgan fingerprint density at radius 1 is 1.00 bits per heavy atom. The molecule has 21 heavy (non-hydrogen) atoms. The molecule has 0 aliphatic carbocycles. The van der Waals surface area contributed by atoms with Crippen LogP contribution in [0.4, 0.5) is 11.4 Å². The SMILES string of the molecule is CS(=O)(=O)Nc1cccc(NCc2ccc(O)c(O)c2)c1. The summed E-state index contributed by atoms with van der Waals surface area (Å²) < 4.78 is 24.8. The standard InChI is InChI=1S/C14H16N2O4S/c1-21(19,20)16-12-4-2-3-11(8-12)15-9-10-5-6-13(17)14(18)7-10/h2-8,15-18H,9H2,1H3. The van der Waals surface area contributed by atoms with Gasteiger partial charge < -0.3 is 15.5 Å². The number of nitrogens with one attached hydrogen (secondary N) is 2. The van der Waals surface area contributed by atoms with Crippen LogP contribution in [-0.4, -0.2) is 24.9 Å². The highest BCUT2D eigenvalue weighted by Gasteiger charge is 2.03. The topological polar surface area (TPSA) is 98.7 Å². The lowest BCUT2D eigenvalue weighted by atomic mass is 10.2. The fraction of sp³-hybridized carbons (Fsp3) is 0.143. The number of sulfonamides is 1. The minimum absolute atomic E-state index is 0.168. The number of aromatic hydroxyl groups is 2. The van der Waals surface area contributed by atoms with Crippen LogP contribution in [0.25, 0.3) is 0 Å². The molecule has 0 atom stereocenters. The van der Waals surface area contributed by atoms with E-state index in [0.29, 0.717) is 12.2 Å². The smallest absolute Gasteiger partial charge is 0.229 e. The number of hydrogen-bond donors (Lipinski definition) is 4. The van der Waals surface area contributed by atoms with Crippen molar-refractivity contribution in [2.75, 3.05) is 16.3 Å². The molecule has 0 saturated heterocycles. The first-order chi connectivity index (χ1) is 9.83. The molecule has 0 aliphatic rings. The lowest BCUT2D eigenvalue weighted by Crippen LogP contribution is -2.09. The number of anilines is 2. The molecule has 6 nitrogen and oxygen atoms in total. The monoisotopic (exact) mass is 308 g/mol. The van der Waals surface area contributed by atoms with Crippen molar-refractivity contribution in [2.24, 2.45) is 0 Å². The zero-order valence-corrected chi connectivity index (χ0v) is 12.2. The summed E-state index contributed by atoms with van der Waals surface area (Å²) >= 11 is 0. The van der Waals surface area contributed by atoms with Gasteiger partial charge in [-0.25, -0.2) is 8.42 Å². The third kappa shape index (κ3) is 4.57. The molecule has 0 spiro atoms. The van der Waals surface area contributed by atoms with Gasteiger partial charge in [0.15, 0.2) is 11.5 Å². The maximum absolute atomic E-state index is 11.2. The van der Waals surface area contributed by atoms with Gasteiger partial charge in [0.05, 0.1) is 11.9 Å². The zero-order chi connectivity index (χ0) is 15.5. The Labute approximate surface area is 123 Å². The normalized spacial score (nSPS) is 11.1. The first-order valence-corrected chi connectivity index (χ1v) is 8.05. The van der Waals surface area contributed by atoms with Crippen molar-refractivity contribution in [1.29, 1.82) is 0 Å². The maximum atomic E-state index is 11.2. The first kappa shape index (κ1) is 15.0. The Morgan fingerprint density at radius 3 is 2.38 bits per heavy atom. The molecule has 0 aromatic heterocycles. The van der Waals surface area contributed by atoms with Crippen LogP contribution in [0.15, 0.2) is 42.5 Å². The summed E-state index contributed by atoms with van der Waals surface area (Å²) in [6.07, 6.45) is 1.09. The average Bonchev–Trinajstić information content (AvgIpc) is 2.39. The summed E-state index contributed by atoms with van der Waals surface area (Å²) in [5.41, 5.74) is 1.99. The zero-order valence-electron chi connectivity index (χ0n) is 11.4. The fourth-order valence-corrected chi connectivity index (χ4v) is 2.34. The van der Waals surface area contributed by atoms with E-state index in [1.807, 2.05) is 0 Å². The van der Waals surface area contributed by atoms with Crippen molar-refractivity contribution in [3.63, 3.8) is 0 Å². The third-order valence-electron chi connectivity index (χ3n) is 2.70. The number of phenolic OH excluding ortho intramolecular Hbond substituents is 2. The Kier molecular flexibility index (Phi) is 4.23. The van der Waals surface area contributed by atoms with Crippen LogP contribution in [-0.2, 0) is 16.6 Å². The van der Waals surface area contributed by atoms with E-state index in [0.717, 1.165) is 17.5 Å². The molecule has 0 bridgehead atoms. The molecular weight excluding hydrogens is 292 g/mol. The Balaban J connectivity index is 2.06. The molecule has 0 radical (unpaired) electrons. The van der Waals surface area contributed by atoms with Crippen molar-refractivity contribution < 1.29 is 18.6 Å². The van der Waals surface area contributed by atoms with E-state index < -0.39 is 10.0 Å². The van der Waals surface area contributed by atoms with Gasteiger partial charge in [0, 0.05) is 12.2 Å². The van der Waals surface area contributed by atoms with Gasteiger partial charge >= 0.3 is 0 Å². The predicted molar refractivity (Wildman–Crippen MR) is 82.0 cm³/mol. The Bertz CT molecular complexity index is 744. The maximum Gasteiger partial charge on any atom is 0.229 e. The van der Waals surface area contributed by atoms with Gasteiger partial charge in [-0.1, -0.05) is 12.1 Å². The average molecular weight is 308 g/mol. The molecule has 112 valence electrons. The molecule has 0 aliphatic heterocycles. The highest BCUT2D eigenvalue weighted by atomic mass is 32.2. The second kappa shape index (κ2) is 5.92. The van der Waals surface area contributed by atoms with E-state index in [2.05, 4.69) is 10.0 Å². The minimum atomic E-state index is -3.31. The largest absolute Gasteiger partial charge is 0.504 e. The van der Waals surface area contributed by atoms with Crippen LogP contribution in [0.2, 0.25) is 0 Å². The molecule has 0 heterocycles. The van der Waals surface area contributed by atoms with Crippen molar-refractivity contribution in [1.82, 2.24) is 0 Å². The molecule has 0 saturated carbocycles. The van der Waals surface area contributed by atoms with Crippen molar-refractivity contribution in [2.45, 2.75) is 6.54 Å². The van der Waals surface area contributed by atoms with Gasteiger partial charge in [0.2, 0.25) is 10.0 Å². The Hall–Kier alpha value is -2.41. The molecule has 2 aromatic carbocycles. The number of benzene rings is 2. The number of phenols is 2. The second-order valence-corrected chi connectivity index (χ2v) is 6.38. The molecule has 4 N–H and O–H groups in total. The van der Waals surface area contributed by atoms with Gasteiger partial charge in [-0.2, -0.15) is 0 Å². The first-order valence-electron chi connectivity index (χ1n) is 6.16. The van der Waals surface area contributed by atoms with Crippen LogP contribution in [0.1, 0.15) is 5.56 Å². The van der Waals surface area contributed by atoms with Gasteiger partial charge in [-0.3, -0.25) is 4.72 Å². The summed E-state index contributed by atoms with van der Waals surface area (Å²) in [5, 5.41) is 21.8. The van der Waals surface area contributed by atoms with E-state index in [-0.39, 0.29) is 11.5 Å². The lowest BCUT2D eigenvalue weighted by molar-refractivity contribution is 0.403. The van der Waals surface area contributed by atoms with E-state index in [9.17, 15) is 18.6 Å². The molecular formula is C14H16N2O4S. The number of rotatable bonds is 5. The minimum Gasteiger partial charge on any atom is -0.504 e. The predicted octanol–water partition coefficient (Wildman–Crippen LogP) is 2.08. The number of hydrogen-bond acceptors (Lipinski definition) is 5. The summed E-state index contributed by atoms with van der Waals surface area (Å²) in [6, 6.07) is 11.4. The molecule has 2 aromatic rings. The summed E-state index contributed by atoms with van der Waals surface area (Å²) in [7, 11) is -3.31. The molecule has 0 unspecified atom stereocenters. The molecule has 0 amide bonds. The highest BCUT2D eigenvalue weighted by molar-refractivity contribution is 7.92. The van der Waals surface area contributed by atoms with E-state index in [4.69, 9.17) is 0 Å². The Morgan fingerprint density at radius 2 is 1.71 bits per heavy atom. The van der Waals surface area contributed by atoms with E-state index in [1.165, 1.54) is 12.1 Å². The van der Waals surface area contributed by atoms with Gasteiger partial charge in [-0.15, -0.1) is 0 Å². The fourth-order valence-electron chi connectivity index (χ4n) is 1.79. The molecule has 7 heteroatoms. The summed E-state index contributed by atoms with van der Waals surface area (Å²) in [4.78, 5) is 0. The second-order valence-electron chi connectivity index (χ2n) is 4.63. The quantitative estimate of drug-likeness (QED) is 0.634. The summed E-state index contributed by atoms with van der Waals surface area (Å²) in [6.45, 7) is 0.427. The van der Waals surface area contributed by atoms with Crippen LogP contribution in [0.3, 0.4) is 0 Å². The van der Waals surface area contributed by atoms with Gasteiger partial charge in [0.25, 0.3) is 0 Å². The molecule has 2 rings (SSSR count). The lowest BCUT2D eigenvalue weighted by Gasteiger charge is -2.10. The van der Waals surface area contributed by atoms with Gasteiger partial charge in [0.1, 0.15) is 0 Å². The van der Waals surface area contributed by atoms with E-state index in [1.54, 1.807) is 30.3 Å². The van der Waals surface area contributed by atoms with Crippen LogP contribution in [0, 0.1) is 0 Å². The summed E-state index contributed by atoms with van der Waals surface area (Å²) in [5.74, 6) is -0.347. The van der Waals surface area contributed by atoms with Crippen molar-refractivity contribution >= 4 is 21.4 Å². The molecule has 0 fully saturated rings. The third-order valence-corrected chi connectivity index (χ3v) is 3.31. The van der Waals surface area contributed by atoms with Crippen LogP contribution in [0.5, 0.6) is 11.5 Å². The highest BCUT2D eigenvalue weighted by Crippen LogP contribution is 2.25. The van der Waals surface area contributed by atoms with Gasteiger partial charge in [-0.05, 0) is 35.9 Å².